The molecular weight excluding hydrogens is 302 g/mol. The van der Waals surface area contributed by atoms with Crippen molar-refractivity contribution in [3.05, 3.63) is 29.3 Å². The van der Waals surface area contributed by atoms with Gasteiger partial charge >= 0.3 is 6.03 Å². The van der Waals surface area contributed by atoms with Crippen LogP contribution in [-0.4, -0.2) is 30.6 Å². The summed E-state index contributed by atoms with van der Waals surface area (Å²) in [6.45, 7) is 4.76. The molecule has 1 aromatic rings. The van der Waals surface area contributed by atoms with E-state index in [9.17, 15) is 9.59 Å². The number of anilines is 1. The maximum absolute atomic E-state index is 12.6. The van der Waals surface area contributed by atoms with E-state index in [1.807, 2.05) is 25.1 Å². The molecule has 3 amide bonds. The molecule has 1 heterocycles. The van der Waals surface area contributed by atoms with E-state index in [4.69, 9.17) is 0 Å². The van der Waals surface area contributed by atoms with Crippen LogP contribution in [0.15, 0.2) is 18.2 Å². The number of carbonyl (C=O) groups is 2. The van der Waals surface area contributed by atoms with Gasteiger partial charge < -0.3 is 15.5 Å². The van der Waals surface area contributed by atoms with Crippen LogP contribution in [0.4, 0.5) is 10.5 Å². The predicted molar refractivity (Wildman–Crippen MR) is 95.2 cm³/mol. The Morgan fingerprint density at radius 3 is 2.50 bits per heavy atom. The van der Waals surface area contributed by atoms with Crippen molar-refractivity contribution in [2.75, 3.05) is 11.4 Å². The highest BCUT2D eigenvalue weighted by Crippen LogP contribution is 2.24. The molecule has 0 radical (unpaired) electrons. The summed E-state index contributed by atoms with van der Waals surface area (Å²) in [5, 5.41) is 5.88. The number of hydrogen-bond donors (Lipinski definition) is 2. The third-order valence-electron chi connectivity index (χ3n) is 5.25. The second-order valence-electron chi connectivity index (χ2n) is 7.05. The van der Waals surface area contributed by atoms with Crippen molar-refractivity contribution < 1.29 is 9.59 Å². The number of hydrogen-bond acceptors (Lipinski definition) is 2. The lowest BCUT2D eigenvalue weighted by Gasteiger charge is -2.24. The van der Waals surface area contributed by atoms with E-state index in [0.717, 1.165) is 18.5 Å². The molecule has 5 nitrogen and oxygen atoms in total. The zero-order valence-corrected chi connectivity index (χ0v) is 14.6. The maximum Gasteiger partial charge on any atom is 0.315 e. The second-order valence-corrected chi connectivity index (χ2v) is 7.05. The van der Waals surface area contributed by atoms with Gasteiger partial charge in [0.15, 0.2) is 0 Å². The number of nitrogens with zero attached hydrogens (tertiary/aromatic N) is 1. The molecule has 3 rings (SSSR count). The number of aryl methyl sites for hydroxylation is 2. The Morgan fingerprint density at radius 1 is 1.04 bits per heavy atom. The third kappa shape index (κ3) is 3.71. The molecule has 130 valence electrons. The Bertz CT molecular complexity index is 623. The lowest BCUT2D eigenvalue weighted by atomic mass is 9.96. The Kier molecular flexibility index (Phi) is 5.07. The topological polar surface area (TPSA) is 61.4 Å². The van der Waals surface area contributed by atoms with Crippen LogP contribution in [0.25, 0.3) is 0 Å². The number of rotatable bonds is 3. The highest BCUT2D eigenvalue weighted by atomic mass is 16.2. The van der Waals surface area contributed by atoms with E-state index < -0.39 is 6.04 Å². The molecule has 24 heavy (non-hydrogen) atoms. The van der Waals surface area contributed by atoms with Crippen LogP contribution in [0.5, 0.6) is 0 Å². The summed E-state index contributed by atoms with van der Waals surface area (Å²) in [6.07, 6.45) is 6.35. The number of amides is 3. The van der Waals surface area contributed by atoms with Crippen LogP contribution in [0.3, 0.4) is 0 Å². The first kappa shape index (κ1) is 16.8. The van der Waals surface area contributed by atoms with Crippen molar-refractivity contribution in [1.29, 1.82) is 0 Å². The zero-order valence-electron chi connectivity index (χ0n) is 14.6. The fourth-order valence-electron chi connectivity index (χ4n) is 3.60. The van der Waals surface area contributed by atoms with E-state index in [0.29, 0.717) is 13.0 Å². The minimum absolute atomic E-state index is 0.0166. The molecule has 1 aliphatic carbocycles. The smallest absolute Gasteiger partial charge is 0.315 e. The van der Waals surface area contributed by atoms with E-state index in [1.165, 1.54) is 30.4 Å². The van der Waals surface area contributed by atoms with Crippen molar-refractivity contribution in [1.82, 2.24) is 10.6 Å². The van der Waals surface area contributed by atoms with E-state index >= 15 is 0 Å². The summed E-state index contributed by atoms with van der Waals surface area (Å²) in [6, 6.07) is 5.68. The molecule has 1 atom stereocenters. The van der Waals surface area contributed by atoms with Gasteiger partial charge in [0.25, 0.3) is 0 Å². The highest BCUT2D eigenvalue weighted by molar-refractivity contribution is 6.01. The molecule has 0 aromatic heterocycles. The molecule has 1 aliphatic heterocycles. The number of urea groups is 1. The maximum atomic E-state index is 12.6. The van der Waals surface area contributed by atoms with Crippen molar-refractivity contribution in [2.24, 2.45) is 0 Å². The Balaban J connectivity index is 1.57. The van der Waals surface area contributed by atoms with Gasteiger partial charge in [-0.15, -0.1) is 0 Å². The lowest BCUT2D eigenvalue weighted by molar-refractivity contribution is -0.118. The van der Waals surface area contributed by atoms with Crippen LogP contribution in [0.2, 0.25) is 0 Å². The summed E-state index contributed by atoms with van der Waals surface area (Å²) < 4.78 is 0. The van der Waals surface area contributed by atoms with Gasteiger partial charge in [-0.2, -0.15) is 0 Å². The van der Waals surface area contributed by atoms with E-state index in [2.05, 4.69) is 17.6 Å². The van der Waals surface area contributed by atoms with Crippen LogP contribution >= 0.6 is 0 Å². The summed E-state index contributed by atoms with van der Waals surface area (Å²) in [4.78, 5) is 26.6. The standard InChI is InChI=1S/C19H27N3O2/c1-13-8-9-16(12-14(13)2)22-11-10-17(18(22)23)21-19(24)20-15-6-4-3-5-7-15/h8-9,12,15,17H,3-7,10-11H2,1-2H3,(H2,20,21,24). The van der Waals surface area contributed by atoms with Crippen LogP contribution in [-0.2, 0) is 4.79 Å². The van der Waals surface area contributed by atoms with Crippen molar-refractivity contribution in [3.8, 4) is 0 Å². The second kappa shape index (κ2) is 7.24. The van der Waals surface area contributed by atoms with Gasteiger partial charge in [0.1, 0.15) is 6.04 Å². The van der Waals surface area contributed by atoms with Crippen LogP contribution in [0.1, 0.15) is 49.7 Å². The quantitative estimate of drug-likeness (QED) is 0.895. The van der Waals surface area contributed by atoms with Gasteiger partial charge in [-0.25, -0.2) is 4.79 Å². The average molecular weight is 329 g/mol. The molecule has 1 unspecified atom stereocenters. The number of benzene rings is 1. The van der Waals surface area contributed by atoms with Gasteiger partial charge in [0.05, 0.1) is 0 Å². The molecule has 0 spiro atoms. The molecular formula is C19H27N3O2. The van der Waals surface area contributed by atoms with Crippen molar-refractivity contribution in [2.45, 2.75) is 64.5 Å². The third-order valence-corrected chi connectivity index (χ3v) is 5.25. The van der Waals surface area contributed by atoms with Gasteiger partial charge in [-0.1, -0.05) is 25.3 Å². The van der Waals surface area contributed by atoms with Gasteiger partial charge in [-0.3, -0.25) is 4.79 Å². The Labute approximate surface area is 143 Å². The summed E-state index contributed by atoms with van der Waals surface area (Å²) in [7, 11) is 0. The Morgan fingerprint density at radius 2 is 1.79 bits per heavy atom. The molecule has 1 aromatic carbocycles. The fraction of sp³-hybridized carbons (Fsp3) is 0.579. The largest absolute Gasteiger partial charge is 0.335 e. The molecule has 1 saturated carbocycles. The molecule has 1 saturated heterocycles. The van der Waals surface area contributed by atoms with Crippen LogP contribution < -0.4 is 15.5 Å². The molecule has 2 N–H and O–H groups in total. The first-order chi connectivity index (χ1) is 11.5. The number of nitrogens with one attached hydrogen (secondary N) is 2. The van der Waals surface area contributed by atoms with Gasteiger partial charge in [0, 0.05) is 18.3 Å². The van der Waals surface area contributed by atoms with Crippen LogP contribution in [0, 0.1) is 13.8 Å². The van der Waals surface area contributed by atoms with E-state index in [-0.39, 0.29) is 18.0 Å². The lowest BCUT2D eigenvalue weighted by Crippen LogP contribution is -2.49. The SMILES string of the molecule is Cc1ccc(N2CCC(NC(=O)NC3CCCCC3)C2=O)cc1C. The normalized spacial score (nSPS) is 21.8. The first-order valence-electron chi connectivity index (χ1n) is 9.00. The Hall–Kier alpha value is -2.04. The van der Waals surface area contributed by atoms with Crippen molar-refractivity contribution >= 4 is 17.6 Å². The minimum Gasteiger partial charge on any atom is -0.335 e. The van der Waals surface area contributed by atoms with Gasteiger partial charge in [0.2, 0.25) is 5.91 Å². The molecule has 2 aliphatic rings. The summed E-state index contributed by atoms with van der Waals surface area (Å²) >= 11 is 0. The minimum atomic E-state index is -0.421. The molecule has 0 bridgehead atoms. The molecule has 2 fully saturated rings. The average Bonchev–Trinajstić information content (AvgIpc) is 2.92. The first-order valence-corrected chi connectivity index (χ1v) is 9.00. The highest BCUT2D eigenvalue weighted by Gasteiger charge is 2.34. The van der Waals surface area contributed by atoms with Gasteiger partial charge in [-0.05, 0) is 56.4 Å². The predicted octanol–water partition coefficient (Wildman–Crippen LogP) is 3.04. The van der Waals surface area contributed by atoms with Crippen molar-refractivity contribution in [3.63, 3.8) is 0 Å². The number of carbonyl (C=O) groups excluding carboxylic acids is 2. The van der Waals surface area contributed by atoms with E-state index in [1.54, 1.807) is 4.90 Å². The zero-order chi connectivity index (χ0) is 17.1. The summed E-state index contributed by atoms with van der Waals surface area (Å²) in [5.41, 5.74) is 3.30. The molecule has 5 heteroatoms. The fourth-order valence-corrected chi connectivity index (χ4v) is 3.60. The monoisotopic (exact) mass is 329 g/mol. The summed E-state index contributed by atoms with van der Waals surface area (Å²) in [5.74, 6) is -0.0166.